The van der Waals surface area contributed by atoms with Crippen LogP contribution in [-0.4, -0.2) is 19.1 Å². The van der Waals surface area contributed by atoms with Crippen molar-refractivity contribution in [1.82, 2.24) is 0 Å². The number of rotatable bonds is 4. The Morgan fingerprint density at radius 3 is 1.82 bits per heavy atom. The van der Waals surface area contributed by atoms with Crippen LogP contribution in [0.25, 0.3) is 11.1 Å². The van der Waals surface area contributed by atoms with Crippen LogP contribution in [-0.2, 0) is 14.6 Å². The van der Waals surface area contributed by atoms with Crippen LogP contribution in [0.2, 0.25) is 0 Å². The average molecular weight is 326 g/mol. The number of carboxylic acid groups (broad SMARTS) is 1. The van der Waals surface area contributed by atoms with Gasteiger partial charge in [-0.2, -0.15) is 0 Å². The molecule has 0 aromatic heterocycles. The van der Waals surface area contributed by atoms with Gasteiger partial charge in [0, 0.05) is 0 Å². The molecule has 0 N–H and O–H groups in total. The van der Waals surface area contributed by atoms with Gasteiger partial charge in [-0.05, 0) is 37.1 Å². The molecule has 22 heavy (non-hydrogen) atoms. The third-order valence-electron chi connectivity index (χ3n) is 3.44. The number of carboxylic acids is 1. The first-order chi connectivity index (χ1) is 9.76. The summed E-state index contributed by atoms with van der Waals surface area (Å²) in [6.07, 6.45) is 0. The van der Waals surface area contributed by atoms with Gasteiger partial charge in [-0.15, -0.1) is 0 Å². The molecule has 0 heterocycles. The molecule has 0 radical (unpaired) electrons. The van der Waals surface area contributed by atoms with Gasteiger partial charge in [-0.3, -0.25) is 0 Å². The zero-order valence-electron chi connectivity index (χ0n) is 12.7. The number of carbonyl (C=O) groups is 1. The summed E-state index contributed by atoms with van der Waals surface area (Å²) in [6, 6.07) is 15.7. The van der Waals surface area contributed by atoms with Crippen molar-refractivity contribution in [2.45, 2.75) is 23.5 Å². The summed E-state index contributed by atoms with van der Waals surface area (Å²) in [4.78, 5) is 11.0. The van der Waals surface area contributed by atoms with Crippen LogP contribution in [0.15, 0.2) is 59.5 Å². The number of carbonyl (C=O) groups excluding carboxylic acids is 1. The molecule has 2 aromatic carbocycles. The SMILES string of the molecule is CC(C)(C(=O)[O-])S(=O)(=O)c1ccc(-c2ccccc2)cc1.[Na+]. The Balaban J connectivity index is 0.00000242. The van der Waals surface area contributed by atoms with Gasteiger partial charge in [-0.1, -0.05) is 42.5 Å². The Kier molecular flexibility index (Phi) is 5.98. The third kappa shape index (κ3) is 3.43. The van der Waals surface area contributed by atoms with E-state index in [-0.39, 0.29) is 34.5 Å². The van der Waals surface area contributed by atoms with Crippen LogP contribution in [0, 0.1) is 0 Å². The fourth-order valence-corrected chi connectivity index (χ4v) is 3.16. The van der Waals surface area contributed by atoms with Crippen LogP contribution in [0.3, 0.4) is 0 Å². The van der Waals surface area contributed by atoms with Gasteiger partial charge in [0.05, 0.1) is 10.9 Å². The van der Waals surface area contributed by atoms with Crippen molar-refractivity contribution >= 4 is 15.8 Å². The number of aliphatic carboxylic acids is 1. The van der Waals surface area contributed by atoms with Gasteiger partial charge < -0.3 is 9.90 Å². The van der Waals surface area contributed by atoms with E-state index in [9.17, 15) is 18.3 Å². The predicted molar refractivity (Wildman–Crippen MR) is 78.1 cm³/mol. The van der Waals surface area contributed by atoms with E-state index in [0.29, 0.717) is 0 Å². The van der Waals surface area contributed by atoms with E-state index in [1.54, 1.807) is 12.1 Å². The maximum Gasteiger partial charge on any atom is 1.00 e. The van der Waals surface area contributed by atoms with Crippen molar-refractivity contribution in [2.75, 3.05) is 0 Å². The zero-order chi connectivity index (χ0) is 15.7. The molecule has 0 fully saturated rings. The largest absolute Gasteiger partial charge is 1.00 e. The van der Waals surface area contributed by atoms with Gasteiger partial charge in [0.25, 0.3) is 0 Å². The Morgan fingerprint density at radius 2 is 1.36 bits per heavy atom. The van der Waals surface area contributed by atoms with Crippen LogP contribution in [0.4, 0.5) is 0 Å². The molecule has 2 rings (SSSR count). The van der Waals surface area contributed by atoms with Crippen molar-refractivity contribution in [2.24, 2.45) is 0 Å². The Bertz CT molecular complexity index is 750. The van der Waals surface area contributed by atoms with E-state index in [0.717, 1.165) is 25.0 Å². The van der Waals surface area contributed by atoms with E-state index >= 15 is 0 Å². The van der Waals surface area contributed by atoms with Crippen molar-refractivity contribution in [3.8, 4) is 11.1 Å². The minimum atomic E-state index is -4.00. The second kappa shape index (κ2) is 6.96. The Hall–Kier alpha value is -1.14. The number of hydrogen-bond donors (Lipinski definition) is 0. The molecule has 0 bridgehead atoms. The summed E-state index contributed by atoms with van der Waals surface area (Å²) in [5, 5.41) is 11.0. The molecule has 0 saturated heterocycles. The van der Waals surface area contributed by atoms with Crippen molar-refractivity contribution in [3.63, 3.8) is 0 Å². The molecule has 6 heteroatoms. The molecule has 0 atom stereocenters. The third-order valence-corrected chi connectivity index (χ3v) is 5.84. The molecule has 2 aromatic rings. The molecular weight excluding hydrogens is 311 g/mol. The maximum atomic E-state index is 12.3. The van der Waals surface area contributed by atoms with Crippen LogP contribution in [0.1, 0.15) is 13.8 Å². The molecule has 0 aliphatic heterocycles. The molecule has 110 valence electrons. The van der Waals surface area contributed by atoms with Crippen molar-refractivity contribution < 1.29 is 47.9 Å². The molecule has 0 spiro atoms. The second-order valence-electron chi connectivity index (χ2n) is 5.19. The van der Waals surface area contributed by atoms with E-state index < -0.39 is 20.6 Å². The second-order valence-corrected chi connectivity index (χ2v) is 7.69. The van der Waals surface area contributed by atoms with E-state index in [1.807, 2.05) is 30.3 Å². The maximum absolute atomic E-state index is 12.3. The van der Waals surface area contributed by atoms with Gasteiger partial charge in [-0.25, -0.2) is 8.42 Å². The summed E-state index contributed by atoms with van der Waals surface area (Å²) >= 11 is 0. The molecule has 0 amide bonds. The molecule has 0 unspecified atom stereocenters. The van der Waals surface area contributed by atoms with Crippen LogP contribution >= 0.6 is 0 Å². The summed E-state index contributed by atoms with van der Waals surface area (Å²) in [7, 11) is -4.00. The summed E-state index contributed by atoms with van der Waals surface area (Å²) in [5.41, 5.74) is 1.82. The van der Waals surface area contributed by atoms with E-state index in [1.165, 1.54) is 12.1 Å². The topological polar surface area (TPSA) is 74.3 Å². The first-order valence-electron chi connectivity index (χ1n) is 6.38. The monoisotopic (exact) mass is 326 g/mol. The molecule has 0 aliphatic rings. The fourth-order valence-electron chi connectivity index (χ4n) is 1.86. The minimum Gasteiger partial charge on any atom is -0.548 e. The molecule has 0 aliphatic carbocycles. The quantitative estimate of drug-likeness (QED) is 0.652. The standard InChI is InChI=1S/C16H16O4S.Na/c1-16(2,15(17)18)21(19,20)14-10-8-13(9-11-14)12-6-4-3-5-7-12;/h3-11H,1-2H3,(H,17,18);/q;+1/p-1. The van der Waals surface area contributed by atoms with Crippen molar-refractivity contribution in [1.29, 1.82) is 0 Å². The number of benzene rings is 2. The molecular formula is C16H15NaO4S. The smallest absolute Gasteiger partial charge is 0.548 e. The Morgan fingerprint density at radius 1 is 0.909 bits per heavy atom. The average Bonchev–Trinajstić information content (AvgIpc) is 2.48. The van der Waals surface area contributed by atoms with Gasteiger partial charge in [0.1, 0.15) is 4.75 Å². The molecule has 0 saturated carbocycles. The van der Waals surface area contributed by atoms with Gasteiger partial charge >= 0.3 is 29.6 Å². The number of hydrogen-bond acceptors (Lipinski definition) is 4. The first kappa shape index (κ1) is 18.9. The normalized spacial score (nSPS) is 11.5. The number of sulfone groups is 1. The molecule has 4 nitrogen and oxygen atoms in total. The first-order valence-corrected chi connectivity index (χ1v) is 7.87. The van der Waals surface area contributed by atoms with Crippen molar-refractivity contribution in [3.05, 3.63) is 54.6 Å². The minimum absolute atomic E-state index is 0. The zero-order valence-corrected chi connectivity index (χ0v) is 15.6. The fraction of sp³-hybridized carbons (Fsp3) is 0.188. The van der Waals surface area contributed by atoms with E-state index in [2.05, 4.69) is 0 Å². The Labute approximate surface area is 152 Å². The summed E-state index contributed by atoms with van der Waals surface area (Å²) < 4.78 is 22.7. The van der Waals surface area contributed by atoms with Gasteiger partial charge in [0.2, 0.25) is 0 Å². The summed E-state index contributed by atoms with van der Waals surface area (Å²) in [6.45, 7) is 2.26. The van der Waals surface area contributed by atoms with Crippen LogP contribution < -0.4 is 34.7 Å². The predicted octanol–water partition coefficient (Wildman–Crippen LogP) is -1.34. The van der Waals surface area contributed by atoms with Crippen LogP contribution in [0.5, 0.6) is 0 Å². The van der Waals surface area contributed by atoms with Gasteiger partial charge in [0.15, 0.2) is 9.84 Å². The van der Waals surface area contributed by atoms with E-state index in [4.69, 9.17) is 0 Å². The summed E-state index contributed by atoms with van der Waals surface area (Å²) in [5.74, 6) is -1.62.